The lowest BCUT2D eigenvalue weighted by molar-refractivity contribution is 0.216. The van der Waals surface area contributed by atoms with E-state index in [0.717, 1.165) is 44.6 Å². The highest BCUT2D eigenvalue weighted by molar-refractivity contribution is 6.33. The Kier molecular flexibility index (Phi) is 5.86. The van der Waals surface area contributed by atoms with Crippen molar-refractivity contribution >= 4 is 23.0 Å². The minimum absolute atomic E-state index is 0.0329. The molecule has 0 aromatic carbocycles. The summed E-state index contributed by atoms with van der Waals surface area (Å²) in [6, 6.07) is 6.26. The van der Waals surface area contributed by atoms with E-state index in [0.29, 0.717) is 30.5 Å². The number of piperidine rings is 1. The van der Waals surface area contributed by atoms with Gasteiger partial charge in [0.1, 0.15) is 11.1 Å². The lowest BCUT2D eigenvalue weighted by Crippen LogP contribution is -2.33. The molecule has 2 aliphatic heterocycles. The number of hydrogen-bond donors (Lipinski definition) is 1. The quantitative estimate of drug-likeness (QED) is 0.802. The Morgan fingerprint density at radius 3 is 2.86 bits per heavy atom. The van der Waals surface area contributed by atoms with Crippen molar-refractivity contribution in [1.82, 2.24) is 15.2 Å². The van der Waals surface area contributed by atoms with Crippen molar-refractivity contribution in [2.75, 3.05) is 36.0 Å². The first kappa shape index (κ1) is 19.5. The second-order valence-corrected chi connectivity index (χ2v) is 7.90. The van der Waals surface area contributed by atoms with E-state index in [1.165, 1.54) is 0 Å². The number of halogens is 1. The predicted molar refractivity (Wildman–Crippen MR) is 111 cm³/mol. The Bertz CT molecular complexity index is 950. The molecule has 2 aromatic heterocycles. The first-order valence-corrected chi connectivity index (χ1v) is 10.2. The molecule has 2 aromatic rings. The highest BCUT2D eigenvalue weighted by Crippen LogP contribution is 2.29. The van der Waals surface area contributed by atoms with Crippen molar-refractivity contribution in [3.05, 3.63) is 39.9 Å². The molecule has 4 heterocycles. The molecular formula is C20H23ClN6O2. The van der Waals surface area contributed by atoms with Crippen LogP contribution < -0.4 is 20.1 Å². The summed E-state index contributed by atoms with van der Waals surface area (Å²) in [5.74, 6) is 1.11. The SMILES string of the molecule is N#CCC1CCN(c2ccnc(O[C@@H]3CCN(c4cn[nH]c(=O)c4Cl)C3)c2)CC1. The van der Waals surface area contributed by atoms with Crippen LogP contribution in [-0.4, -0.2) is 47.5 Å². The zero-order chi connectivity index (χ0) is 20.2. The number of nitrogens with one attached hydrogen (secondary N) is 1. The summed E-state index contributed by atoms with van der Waals surface area (Å²) >= 11 is 6.12. The number of hydrogen-bond acceptors (Lipinski definition) is 7. The summed E-state index contributed by atoms with van der Waals surface area (Å²) in [4.78, 5) is 20.4. The van der Waals surface area contributed by atoms with E-state index in [9.17, 15) is 4.79 Å². The molecule has 152 valence electrons. The van der Waals surface area contributed by atoms with Gasteiger partial charge in [0.25, 0.3) is 5.56 Å². The summed E-state index contributed by atoms with van der Waals surface area (Å²) in [5.41, 5.74) is 1.34. The molecule has 2 fully saturated rings. The zero-order valence-corrected chi connectivity index (χ0v) is 16.8. The third-order valence-corrected chi connectivity index (χ3v) is 5.99. The average Bonchev–Trinajstić information content (AvgIpc) is 3.19. The minimum atomic E-state index is -0.388. The molecule has 2 aliphatic rings. The summed E-state index contributed by atoms with van der Waals surface area (Å²) in [5, 5.41) is 15.2. The molecule has 0 radical (unpaired) electrons. The lowest BCUT2D eigenvalue weighted by Gasteiger charge is -2.32. The van der Waals surface area contributed by atoms with Gasteiger partial charge >= 0.3 is 0 Å². The van der Waals surface area contributed by atoms with E-state index in [-0.39, 0.29) is 16.7 Å². The summed E-state index contributed by atoms with van der Waals surface area (Å²) in [7, 11) is 0. The molecule has 2 saturated heterocycles. The number of ether oxygens (including phenoxy) is 1. The molecule has 1 atom stereocenters. The van der Waals surface area contributed by atoms with E-state index in [1.54, 1.807) is 12.4 Å². The molecule has 29 heavy (non-hydrogen) atoms. The fourth-order valence-electron chi connectivity index (χ4n) is 3.99. The Morgan fingerprint density at radius 2 is 2.07 bits per heavy atom. The number of nitrogens with zero attached hydrogens (tertiary/aromatic N) is 5. The van der Waals surface area contributed by atoms with Crippen LogP contribution in [0.5, 0.6) is 5.88 Å². The van der Waals surface area contributed by atoms with Crippen molar-refractivity contribution in [2.24, 2.45) is 5.92 Å². The van der Waals surface area contributed by atoms with Crippen LogP contribution in [0.1, 0.15) is 25.7 Å². The fraction of sp³-hybridized carbons (Fsp3) is 0.500. The molecule has 4 rings (SSSR count). The molecular weight excluding hydrogens is 392 g/mol. The Labute approximate surface area is 174 Å². The highest BCUT2D eigenvalue weighted by Gasteiger charge is 2.27. The second-order valence-electron chi connectivity index (χ2n) is 7.52. The third kappa shape index (κ3) is 4.46. The number of aromatic nitrogens is 3. The fourth-order valence-corrected chi connectivity index (χ4v) is 4.20. The van der Waals surface area contributed by atoms with Crippen molar-refractivity contribution in [3.8, 4) is 11.9 Å². The number of nitriles is 1. The molecule has 0 bridgehead atoms. The Morgan fingerprint density at radius 1 is 1.28 bits per heavy atom. The van der Waals surface area contributed by atoms with Gasteiger partial charge in [-0.15, -0.1) is 0 Å². The van der Waals surface area contributed by atoms with Crippen LogP contribution in [0.4, 0.5) is 11.4 Å². The number of anilines is 2. The van der Waals surface area contributed by atoms with Crippen molar-refractivity contribution in [3.63, 3.8) is 0 Å². The van der Waals surface area contributed by atoms with Crippen molar-refractivity contribution in [1.29, 1.82) is 5.26 Å². The van der Waals surface area contributed by atoms with Crippen LogP contribution in [0.15, 0.2) is 29.3 Å². The van der Waals surface area contributed by atoms with Crippen LogP contribution in [-0.2, 0) is 0 Å². The summed E-state index contributed by atoms with van der Waals surface area (Å²) < 4.78 is 6.12. The Balaban J connectivity index is 1.37. The van der Waals surface area contributed by atoms with Gasteiger partial charge in [0.15, 0.2) is 0 Å². The molecule has 0 saturated carbocycles. The summed E-state index contributed by atoms with van der Waals surface area (Å²) in [6.07, 6.45) is 6.84. The molecule has 0 amide bonds. The van der Waals surface area contributed by atoms with Gasteiger partial charge in [-0.25, -0.2) is 10.1 Å². The topological polar surface area (TPSA) is 98.1 Å². The van der Waals surface area contributed by atoms with Gasteiger partial charge < -0.3 is 14.5 Å². The van der Waals surface area contributed by atoms with Crippen LogP contribution >= 0.6 is 11.6 Å². The van der Waals surface area contributed by atoms with Gasteiger partial charge in [-0.3, -0.25) is 4.79 Å². The third-order valence-electron chi connectivity index (χ3n) is 5.63. The first-order chi connectivity index (χ1) is 14.1. The normalized spacial score (nSPS) is 19.9. The first-order valence-electron chi connectivity index (χ1n) is 9.87. The molecule has 1 N–H and O–H groups in total. The largest absolute Gasteiger partial charge is 0.472 e. The standard InChI is InChI=1S/C20H23ClN6O2/c21-19-17(12-24-25-20(19)28)27-10-5-16(13-27)29-18-11-15(2-7-23-18)26-8-3-14(1-6-22)4-9-26/h2,7,11-12,14,16H,1,3-5,8-10,13H2,(H,25,28)/t16-/m1/s1. The zero-order valence-electron chi connectivity index (χ0n) is 16.1. The minimum Gasteiger partial charge on any atom is -0.472 e. The molecule has 0 aliphatic carbocycles. The average molecular weight is 415 g/mol. The highest BCUT2D eigenvalue weighted by atomic mass is 35.5. The van der Waals surface area contributed by atoms with Gasteiger partial charge in [-0.2, -0.15) is 10.4 Å². The van der Waals surface area contributed by atoms with E-state index >= 15 is 0 Å². The van der Waals surface area contributed by atoms with Crippen LogP contribution in [0.3, 0.4) is 0 Å². The van der Waals surface area contributed by atoms with Gasteiger partial charge in [0.05, 0.1) is 24.5 Å². The van der Waals surface area contributed by atoms with Gasteiger partial charge in [-0.1, -0.05) is 11.6 Å². The van der Waals surface area contributed by atoms with Crippen LogP contribution in [0.2, 0.25) is 5.02 Å². The van der Waals surface area contributed by atoms with Gasteiger partial charge in [0, 0.05) is 50.4 Å². The maximum atomic E-state index is 11.7. The van der Waals surface area contributed by atoms with Crippen LogP contribution in [0, 0.1) is 17.2 Å². The number of aromatic amines is 1. The molecule has 0 spiro atoms. The molecule has 9 heteroatoms. The Hall–Kier alpha value is -2.79. The van der Waals surface area contributed by atoms with Gasteiger partial charge in [0.2, 0.25) is 5.88 Å². The lowest BCUT2D eigenvalue weighted by atomic mass is 9.94. The summed E-state index contributed by atoms with van der Waals surface area (Å²) in [6.45, 7) is 3.25. The van der Waals surface area contributed by atoms with E-state index in [2.05, 4.69) is 26.2 Å². The number of rotatable bonds is 5. The van der Waals surface area contributed by atoms with E-state index in [4.69, 9.17) is 21.6 Å². The maximum Gasteiger partial charge on any atom is 0.285 e. The molecule has 8 nitrogen and oxygen atoms in total. The van der Waals surface area contributed by atoms with E-state index in [1.807, 2.05) is 17.0 Å². The maximum absolute atomic E-state index is 11.7. The van der Waals surface area contributed by atoms with Crippen molar-refractivity contribution < 1.29 is 4.74 Å². The van der Waals surface area contributed by atoms with Gasteiger partial charge in [-0.05, 0) is 24.8 Å². The van der Waals surface area contributed by atoms with E-state index < -0.39 is 0 Å². The number of pyridine rings is 1. The predicted octanol–water partition coefficient (Wildman–Crippen LogP) is 2.61. The van der Waals surface area contributed by atoms with Crippen molar-refractivity contribution in [2.45, 2.75) is 31.8 Å². The number of H-pyrrole nitrogens is 1. The monoisotopic (exact) mass is 414 g/mol. The smallest absolute Gasteiger partial charge is 0.285 e. The second kappa shape index (κ2) is 8.70. The molecule has 0 unspecified atom stereocenters. The van der Waals surface area contributed by atoms with Crippen LogP contribution in [0.25, 0.3) is 0 Å².